The van der Waals surface area contributed by atoms with Crippen molar-refractivity contribution < 1.29 is 19.1 Å². The highest BCUT2D eigenvalue weighted by Gasteiger charge is 2.39. The number of likely N-dealkylation sites (tertiary alicyclic amines) is 1. The predicted octanol–water partition coefficient (Wildman–Crippen LogP) is 1.48. The van der Waals surface area contributed by atoms with Gasteiger partial charge in [-0.1, -0.05) is 13.7 Å². The topological polar surface area (TPSA) is 21.7 Å². The summed E-state index contributed by atoms with van der Waals surface area (Å²) in [7, 11) is 0. The van der Waals surface area contributed by atoms with Gasteiger partial charge in [0.15, 0.2) is 5.79 Å². The van der Waals surface area contributed by atoms with Crippen LogP contribution in [0, 0.1) is 5.89 Å². The molecule has 0 saturated carbocycles. The zero-order valence-corrected chi connectivity index (χ0v) is 8.21. The van der Waals surface area contributed by atoms with Gasteiger partial charge < -0.3 is 14.4 Å². The Hall–Kier alpha value is -0.120. The molecule has 0 radical (unpaired) electrons. The molecule has 0 atom stereocenters. The van der Waals surface area contributed by atoms with E-state index in [2.05, 4.69) is 0 Å². The van der Waals surface area contributed by atoms with E-state index in [0.29, 0.717) is 39.1 Å². The van der Waals surface area contributed by atoms with Crippen molar-refractivity contribution in [1.29, 1.82) is 0 Å². The smallest absolute Gasteiger partial charge is 0.170 e. The first kappa shape index (κ1) is 4.81. The summed E-state index contributed by atoms with van der Waals surface area (Å²) in [4.78, 5) is 1.71. The lowest BCUT2D eigenvalue weighted by Gasteiger charge is -2.38. The van der Waals surface area contributed by atoms with Crippen molar-refractivity contribution in [2.75, 3.05) is 32.8 Å². The van der Waals surface area contributed by atoms with E-state index in [0.717, 1.165) is 0 Å². The molecule has 1 spiro atoms. The first-order valence-corrected chi connectivity index (χ1v) is 4.99. The molecule has 2 aliphatic rings. The minimum absolute atomic E-state index is 0.309. The normalized spacial score (nSPS) is 37.6. The van der Waals surface area contributed by atoms with E-state index >= 15 is 0 Å². The standard InChI is InChI=1S/C11H21NO2/c1-10(2)9-12-5-3-11(4-6-12)13-7-8-14-11/h10H,3-9H2,1-2H3/i1D3,2D3,10D. The summed E-state index contributed by atoms with van der Waals surface area (Å²) in [5.41, 5.74) is 0. The number of hydrogen-bond acceptors (Lipinski definition) is 3. The van der Waals surface area contributed by atoms with Gasteiger partial charge >= 0.3 is 0 Å². The Balaban J connectivity index is 2.03. The third kappa shape index (κ3) is 2.27. The van der Waals surface area contributed by atoms with Crippen molar-refractivity contribution in [2.45, 2.75) is 32.3 Å². The fourth-order valence-corrected chi connectivity index (χ4v) is 2.06. The molecule has 2 fully saturated rings. The Morgan fingerprint density at radius 1 is 1.36 bits per heavy atom. The summed E-state index contributed by atoms with van der Waals surface area (Å²) < 4.78 is 63.8. The summed E-state index contributed by atoms with van der Waals surface area (Å²) in [5, 5.41) is 0. The van der Waals surface area contributed by atoms with Gasteiger partial charge in [-0.3, -0.25) is 0 Å². The van der Waals surface area contributed by atoms with Gasteiger partial charge in [0.1, 0.15) is 0 Å². The Labute approximate surface area is 96.2 Å². The molecule has 2 aliphatic heterocycles. The highest BCUT2D eigenvalue weighted by Crippen LogP contribution is 2.31. The maximum Gasteiger partial charge on any atom is 0.170 e. The lowest BCUT2D eigenvalue weighted by Crippen LogP contribution is -2.46. The van der Waals surface area contributed by atoms with Crippen LogP contribution in [0.4, 0.5) is 0 Å². The van der Waals surface area contributed by atoms with Gasteiger partial charge in [-0.2, -0.15) is 0 Å². The molecule has 2 saturated heterocycles. The van der Waals surface area contributed by atoms with Crippen LogP contribution < -0.4 is 0 Å². The molecule has 0 amide bonds. The summed E-state index contributed by atoms with van der Waals surface area (Å²) in [6, 6.07) is 0. The van der Waals surface area contributed by atoms with E-state index in [1.807, 2.05) is 0 Å². The SMILES string of the molecule is [2H]C([2H])([2H])C([2H])(CN1CCC2(CC1)OCCO2)C([2H])([2H])[2H]. The summed E-state index contributed by atoms with van der Waals surface area (Å²) >= 11 is 0. The second kappa shape index (κ2) is 4.17. The van der Waals surface area contributed by atoms with Crippen molar-refractivity contribution in [1.82, 2.24) is 4.90 Å². The molecule has 0 unspecified atom stereocenters. The van der Waals surface area contributed by atoms with Gasteiger partial charge in [-0.15, -0.1) is 0 Å². The van der Waals surface area contributed by atoms with E-state index < -0.39 is 25.4 Å². The Morgan fingerprint density at radius 2 is 2.00 bits per heavy atom. The van der Waals surface area contributed by atoms with E-state index in [9.17, 15) is 0 Å². The predicted molar refractivity (Wildman–Crippen MR) is 55.1 cm³/mol. The number of nitrogens with zero attached hydrogens (tertiary/aromatic N) is 1. The maximum absolute atomic E-state index is 8.03. The fourth-order valence-electron chi connectivity index (χ4n) is 2.06. The van der Waals surface area contributed by atoms with Gasteiger partial charge in [0.25, 0.3) is 0 Å². The highest BCUT2D eigenvalue weighted by molar-refractivity contribution is 4.82. The number of piperidine rings is 1. The second-order valence-electron chi connectivity index (χ2n) is 3.86. The third-order valence-corrected chi connectivity index (χ3v) is 2.81. The quantitative estimate of drug-likeness (QED) is 0.683. The van der Waals surface area contributed by atoms with Crippen molar-refractivity contribution >= 4 is 0 Å². The molecule has 82 valence electrons. The molecule has 14 heavy (non-hydrogen) atoms. The van der Waals surface area contributed by atoms with Crippen LogP contribution in [0.15, 0.2) is 0 Å². The first-order valence-electron chi connectivity index (χ1n) is 8.49. The summed E-state index contributed by atoms with van der Waals surface area (Å²) in [6.45, 7) is -4.02. The van der Waals surface area contributed by atoms with Gasteiger partial charge in [0, 0.05) is 42.1 Å². The summed E-state index contributed by atoms with van der Waals surface area (Å²) in [6.07, 6.45) is 1.12. The average Bonchev–Trinajstić information content (AvgIpc) is 2.78. The van der Waals surface area contributed by atoms with E-state index in [4.69, 9.17) is 19.1 Å². The van der Waals surface area contributed by atoms with Crippen molar-refractivity contribution in [3.8, 4) is 0 Å². The zero-order chi connectivity index (χ0) is 15.9. The highest BCUT2D eigenvalue weighted by atomic mass is 16.7. The van der Waals surface area contributed by atoms with Crippen LogP contribution in [0.2, 0.25) is 0 Å². The molecule has 0 aromatic rings. The van der Waals surface area contributed by atoms with Gasteiger partial charge in [-0.25, -0.2) is 0 Å². The number of hydrogen-bond donors (Lipinski definition) is 0. The number of ether oxygens (including phenoxy) is 2. The molecule has 0 N–H and O–H groups in total. The Morgan fingerprint density at radius 3 is 2.57 bits per heavy atom. The van der Waals surface area contributed by atoms with Crippen LogP contribution in [0.1, 0.15) is 36.1 Å². The van der Waals surface area contributed by atoms with E-state index in [-0.39, 0.29) is 6.54 Å². The van der Waals surface area contributed by atoms with Crippen LogP contribution in [-0.4, -0.2) is 43.5 Å². The van der Waals surface area contributed by atoms with Crippen LogP contribution in [-0.2, 0) is 9.47 Å². The van der Waals surface area contributed by atoms with Crippen LogP contribution in [0.5, 0.6) is 0 Å². The third-order valence-electron chi connectivity index (χ3n) is 2.81. The minimum Gasteiger partial charge on any atom is -0.347 e. The molecule has 0 aliphatic carbocycles. The van der Waals surface area contributed by atoms with Gasteiger partial charge in [-0.05, 0) is 5.89 Å². The lowest BCUT2D eigenvalue weighted by atomic mass is 10.0. The fraction of sp³-hybridized carbons (Fsp3) is 1.00. The Bertz CT molecular complexity index is 352. The van der Waals surface area contributed by atoms with Crippen molar-refractivity contribution in [3.05, 3.63) is 0 Å². The first-order chi connectivity index (χ1) is 9.49. The molecule has 3 nitrogen and oxygen atoms in total. The maximum atomic E-state index is 8.03. The second-order valence-corrected chi connectivity index (χ2v) is 3.86. The average molecular weight is 206 g/mol. The molecule has 3 heteroatoms. The molecule has 0 aromatic carbocycles. The van der Waals surface area contributed by atoms with Gasteiger partial charge in [0.2, 0.25) is 0 Å². The zero-order valence-electron chi connectivity index (χ0n) is 15.2. The molecule has 0 aromatic heterocycles. The van der Waals surface area contributed by atoms with E-state index in [1.165, 1.54) is 0 Å². The molecular formula is C11H21NO2. The van der Waals surface area contributed by atoms with Gasteiger partial charge in [0.05, 0.1) is 13.2 Å². The number of rotatable bonds is 2. The molecule has 2 rings (SSSR count). The van der Waals surface area contributed by atoms with Crippen molar-refractivity contribution in [3.63, 3.8) is 0 Å². The largest absolute Gasteiger partial charge is 0.347 e. The van der Waals surface area contributed by atoms with Crippen LogP contribution >= 0.6 is 0 Å². The van der Waals surface area contributed by atoms with Crippen molar-refractivity contribution in [2.24, 2.45) is 5.89 Å². The van der Waals surface area contributed by atoms with E-state index in [1.54, 1.807) is 4.90 Å². The lowest BCUT2D eigenvalue weighted by molar-refractivity contribution is -0.185. The minimum atomic E-state index is -2.87. The summed E-state index contributed by atoms with van der Waals surface area (Å²) in [5.74, 6) is -3.08. The molecule has 0 bridgehead atoms. The Kier molecular flexibility index (Phi) is 1.43. The monoisotopic (exact) mass is 206 g/mol. The molecular weight excluding hydrogens is 178 g/mol. The molecule has 2 heterocycles. The van der Waals surface area contributed by atoms with Crippen LogP contribution in [0.25, 0.3) is 0 Å². The van der Waals surface area contributed by atoms with Crippen LogP contribution in [0.3, 0.4) is 0 Å².